The third-order valence-corrected chi connectivity index (χ3v) is 5.47. The fourth-order valence-electron chi connectivity index (χ4n) is 3.84. The minimum Gasteiger partial charge on any atom is -0.383 e. The van der Waals surface area contributed by atoms with Crippen LogP contribution >= 0.6 is 0 Å². The average Bonchev–Trinajstić information content (AvgIpc) is 3.27. The molecule has 11 heteroatoms. The average molecular weight is 467 g/mol. The van der Waals surface area contributed by atoms with Crippen molar-refractivity contribution in [1.82, 2.24) is 19.4 Å². The predicted octanol–water partition coefficient (Wildman–Crippen LogP) is 2.91. The summed E-state index contributed by atoms with van der Waals surface area (Å²) in [5.41, 5.74) is -1.15. The van der Waals surface area contributed by atoms with Crippen molar-refractivity contribution in [1.29, 1.82) is 5.26 Å². The minimum absolute atomic E-state index is 0.0303. The molecule has 2 unspecified atom stereocenters. The minimum atomic E-state index is -5.01. The molecule has 0 radical (unpaired) electrons. The molecule has 0 spiro atoms. The monoisotopic (exact) mass is 467 g/mol. The van der Waals surface area contributed by atoms with Crippen molar-refractivity contribution in [3.05, 3.63) is 46.8 Å². The molecule has 180 valence electrons. The summed E-state index contributed by atoms with van der Waals surface area (Å²) >= 11 is 0. The summed E-state index contributed by atoms with van der Waals surface area (Å²) in [6.07, 6.45) is -2.06. The van der Waals surface area contributed by atoms with Crippen LogP contribution in [0.3, 0.4) is 0 Å². The highest BCUT2D eigenvalue weighted by molar-refractivity contribution is 6.01. The Labute approximate surface area is 190 Å². The van der Waals surface area contributed by atoms with Gasteiger partial charge in [0.2, 0.25) is 5.60 Å². The van der Waals surface area contributed by atoms with E-state index in [0.29, 0.717) is 12.2 Å². The van der Waals surface area contributed by atoms with E-state index in [9.17, 15) is 28.3 Å². The first-order chi connectivity index (χ1) is 15.4. The molecule has 0 aromatic carbocycles. The quantitative estimate of drug-likeness (QED) is 0.436. The smallest absolute Gasteiger partial charge is 0.383 e. The second-order valence-corrected chi connectivity index (χ2v) is 7.90. The van der Waals surface area contributed by atoms with E-state index >= 15 is 0 Å². The number of aliphatic hydroxyl groups is 1. The first-order valence-electron chi connectivity index (χ1n) is 10.2. The van der Waals surface area contributed by atoms with Gasteiger partial charge < -0.3 is 24.3 Å². The summed E-state index contributed by atoms with van der Waals surface area (Å²) in [5, 5.41) is 22.1. The zero-order chi connectivity index (χ0) is 25.0. The molecule has 0 aliphatic carbocycles. The molecule has 1 amide bonds. The van der Waals surface area contributed by atoms with Gasteiger partial charge in [0.15, 0.2) is 0 Å². The predicted molar refractivity (Wildman–Crippen MR) is 115 cm³/mol. The topological polar surface area (TPSA) is 105 Å². The number of nitriles is 1. The number of imidazole rings is 1. The number of amides is 1. The molecule has 2 aromatic heterocycles. The molecular formula is C22H28F3N5O3. The molecule has 0 saturated heterocycles. The van der Waals surface area contributed by atoms with Crippen LogP contribution in [-0.4, -0.2) is 51.6 Å². The third kappa shape index (κ3) is 5.46. The Hall–Kier alpha value is -3.10. The van der Waals surface area contributed by atoms with Gasteiger partial charge in [0.25, 0.3) is 5.91 Å². The number of carbonyl (C=O) groups excluding carboxylic acids is 1. The number of nitrogens with one attached hydrogen (secondary N) is 1. The van der Waals surface area contributed by atoms with Crippen molar-refractivity contribution in [2.45, 2.75) is 45.0 Å². The van der Waals surface area contributed by atoms with Crippen LogP contribution in [0.15, 0.2) is 24.0 Å². The first kappa shape index (κ1) is 26.2. The van der Waals surface area contributed by atoms with E-state index in [1.54, 1.807) is 13.2 Å². The highest BCUT2D eigenvalue weighted by Gasteiger charge is 2.57. The van der Waals surface area contributed by atoms with E-state index in [1.807, 2.05) is 31.4 Å². The van der Waals surface area contributed by atoms with Crippen LogP contribution in [0.25, 0.3) is 6.08 Å². The highest BCUT2D eigenvalue weighted by atomic mass is 19.4. The van der Waals surface area contributed by atoms with Gasteiger partial charge in [-0.1, -0.05) is 0 Å². The lowest BCUT2D eigenvalue weighted by Gasteiger charge is -2.29. The number of aromatic nitrogens is 3. The van der Waals surface area contributed by atoms with Crippen molar-refractivity contribution in [3.8, 4) is 6.07 Å². The van der Waals surface area contributed by atoms with E-state index in [-0.39, 0.29) is 11.6 Å². The number of halogens is 3. The van der Waals surface area contributed by atoms with Crippen molar-refractivity contribution in [2.75, 3.05) is 20.3 Å². The summed E-state index contributed by atoms with van der Waals surface area (Å²) in [7, 11) is 2.93. The Morgan fingerprint density at radius 2 is 2.09 bits per heavy atom. The Morgan fingerprint density at radius 3 is 2.61 bits per heavy atom. The molecule has 8 nitrogen and oxygen atoms in total. The van der Waals surface area contributed by atoms with Gasteiger partial charge in [-0.15, -0.1) is 0 Å². The fourth-order valence-corrected chi connectivity index (χ4v) is 3.84. The van der Waals surface area contributed by atoms with E-state index in [2.05, 4.69) is 10.3 Å². The number of methoxy groups -OCH3 is 1. The Morgan fingerprint density at radius 1 is 1.42 bits per heavy atom. The van der Waals surface area contributed by atoms with Crippen molar-refractivity contribution >= 4 is 12.0 Å². The molecule has 0 fully saturated rings. The van der Waals surface area contributed by atoms with Crippen LogP contribution in [0.1, 0.15) is 42.2 Å². The Kier molecular flexibility index (Phi) is 8.11. The SMILES string of the molecule is COCC(C)n1c(C)cc(/C=C(\C#N)C(=O)NCCC(O)(c2nccn2C)C(F)(F)F)c1C. The van der Waals surface area contributed by atoms with Gasteiger partial charge in [-0.05, 0) is 38.5 Å². The van der Waals surface area contributed by atoms with Gasteiger partial charge in [-0.3, -0.25) is 4.79 Å². The third-order valence-electron chi connectivity index (χ3n) is 5.47. The number of nitrogens with zero attached hydrogens (tertiary/aromatic N) is 4. The molecule has 2 N–H and O–H groups in total. The number of aryl methyl sites for hydroxylation is 2. The molecule has 0 aliphatic heterocycles. The van der Waals surface area contributed by atoms with Crippen LogP contribution in [0, 0.1) is 25.2 Å². The second kappa shape index (κ2) is 10.2. The zero-order valence-corrected chi connectivity index (χ0v) is 19.2. The van der Waals surface area contributed by atoms with Gasteiger partial charge >= 0.3 is 6.18 Å². The fraction of sp³-hybridized carbons (Fsp3) is 0.500. The highest BCUT2D eigenvalue weighted by Crippen LogP contribution is 2.40. The number of ether oxygens (including phenoxy) is 1. The molecule has 2 atom stereocenters. The van der Waals surface area contributed by atoms with Crippen LogP contribution in [0.5, 0.6) is 0 Å². The van der Waals surface area contributed by atoms with E-state index in [0.717, 1.165) is 22.2 Å². The second-order valence-electron chi connectivity index (χ2n) is 7.90. The summed E-state index contributed by atoms with van der Waals surface area (Å²) in [6.45, 7) is 5.65. The summed E-state index contributed by atoms with van der Waals surface area (Å²) in [5.74, 6) is -1.42. The maximum atomic E-state index is 13.6. The number of hydrogen-bond donors (Lipinski definition) is 2. The summed E-state index contributed by atoms with van der Waals surface area (Å²) in [4.78, 5) is 16.1. The van der Waals surface area contributed by atoms with Gasteiger partial charge in [-0.2, -0.15) is 18.4 Å². The van der Waals surface area contributed by atoms with Crippen LogP contribution < -0.4 is 5.32 Å². The lowest BCUT2D eigenvalue weighted by atomic mass is 9.97. The molecule has 33 heavy (non-hydrogen) atoms. The van der Waals surface area contributed by atoms with Crippen molar-refractivity contribution in [2.24, 2.45) is 7.05 Å². The van der Waals surface area contributed by atoms with E-state index in [4.69, 9.17) is 4.74 Å². The van der Waals surface area contributed by atoms with Crippen molar-refractivity contribution < 1.29 is 27.8 Å². The van der Waals surface area contributed by atoms with E-state index in [1.165, 1.54) is 19.3 Å². The number of carbonyl (C=O) groups is 1. The van der Waals surface area contributed by atoms with Gasteiger partial charge in [0.05, 0.1) is 12.6 Å². The van der Waals surface area contributed by atoms with Crippen molar-refractivity contribution in [3.63, 3.8) is 0 Å². The normalized spacial score (nSPS) is 15.1. The lowest BCUT2D eigenvalue weighted by molar-refractivity contribution is -0.272. The maximum Gasteiger partial charge on any atom is 0.424 e. The molecule has 2 aromatic rings. The standard InChI is InChI=1S/C22H28F3N5O3/c1-14-10-17(16(3)30(14)15(2)13-33-5)11-18(12-26)19(31)27-7-6-21(32,22(23,24)25)20-28-8-9-29(20)4/h8-11,15,32H,6-7,13H2,1-5H3,(H,27,31)/b18-11+. The molecule has 2 rings (SSSR count). The molecule has 0 saturated carbocycles. The summed E-state index contributed by atoms with van der Waals surface area (Å²) < 4.78 is 49.1. The van der Waals surface area contributed by atoms with Crippen LogP contribution in [0.4, 0.5) is 13.2 Å². The number of hydrogen-bond acceptors (Lipinski definition) is 5. The van der Waals surface area contributed by atoms with E-state index < -0.39 is 36.5 Å². The van der Waals surface area contributed by atoms with Gasteiger partial charge in [-0.25, -0.2) is 4.98 Å². The van der Waals surface area contributed by atoms with Crippen LogP contribution in [0.2, 0.25) is 0 Å². The summed E-state index contributed by atoms with van der Waals surface area (Å²) in [6, 6.07) is 3.63. The van der Waals surface area contributed by atoms with Crippen LogP contribution in [-0.2, 0) is 22.2 Å². The molecule has 0 bridgehead atoms. The zero-order valence-electron chi connectivity index (χ0n) is 19.2. The molecular weight excluding hydrogens is 439 g/mol. The Balaban J connectivity index is 2.19. The number of alkyl halides is 3. The molecule has 0 aliphatic rings. The number of rotatable bonds is 9. The first-order valence-corrected chi connectivity index (χ1v) is 10.2. The lowest BCUT2D eigenvalue weighted by Crippen LogP contribution is -2.46. The largest absolute Gasteiger partial charge is 0.424 e. The maximum absolute atomic E-state index is 13.6. The Bertz CT molecular complexity index is 1060. The molecule has 2 heterocycles. The van der Waals surface area contributed by atoms with Gasteiger partial charge in [0, 0.05) is 50.9 Å². The van der Waals surface area contributed by atoms with Gasteiger partial charge in [0.1, 0.15) is 17.5 Å².